The summed E-state index contributed by atoms with van der Waals surface area (Å²) in [5, 5.41) is 9.93. The van der Waals surface area contributed by atoms with E-state index in [0.29, 0.717) is 6.54 Å². The second-order valence-electron chi connectivity index (χ2n) is 5.26. The summed E-state index contributed by atoms with van der Waals surface area (Å²) in [4.78, 5) is 16.2. The van der Waals surface area contributed by atoms with Gasteiger partial charge in [0, 0.05) is 30.8 Å². The van der Waals surface area contributed by atoms with Crippen molar-refractivity contribution in [3.8, 4) is 5.82 Å². The van der Waals surface area contributed by atoms with Crippen molar-refractivity contribution >= 4 is 6.03 Å². The molecule has 0 radical (unpaired) electrons. The van der Waals surface area contributed by atoms with E-state index in [1.807, 2.05) is 24.4 Å². The zero-order valence-corrected chi connectivity index (χ0v) is 12.3. The summed E-state index contributed by atoms with van der Waals surface area (Å²) in [5.74, 6) is 0.736. The highest BCUT2D eigenvalue weighted by atomic mass is 16.2. The van der Waals surface area contributed by atoms with Gasteiger partial charge in [-0.2, -0.15) is 5.10 Å². The molecule has 114 valence electrons. The number of amides is 2. The first kappa shape index (κ1) is 14.3. The van der Waals surface area contributed by atoms with Gasteiger partial charge in [-0.1, -0.05) is 6.08 Å². The summed E-state index contributed by atoms with van der Waals surface area (Å²) in [6.07, 6.45) is 11.7. The van der Waals surface area contributed by atoms with Crippen LogP contribution in [0.5, 0.6) is 0 Å². The Kier molecular flexibility index (Phi) is 4.48. The van der Waals surface area contributed by atoms with Gasteiger partial charge in [-0.15, -0.1) is 0 Å². The highest BCUT2D eigenvalue weighted by Crippen LogP contribution is 2.14. The van der Waals surface area contributed by atoms with Crippen LogP contribution in [0.3, 0.4) is 0 Å². The third-order valence-corrected chi connectivity index (χ3v) is 3.57. The highest BCUT2D eigenvalue weighted by Gasteiger charge is 2.07. The van der Waals surface area contributed by atoms with Gasteiger partial charge >= 0.3 is 6.03 Å². The van der Waals surface area contributed by atoms with E-state index in [1.54, 1.807) is 17.1 Å². The molecular weight excluding hydrogens is 278 g/mol. The number of nitrogens with one attached hydrogen (secondary N) is 2. The minimum absolute atomic E-state index is 0.161. The van der Waals surface area contributed by atoms with E-state index in [2.05, 4.69) is 26.8 Å². The molecule has 0 aliphatic heterocycles. The van der Waals surface area contributed by atoms with Crippen molar-refractivity contribution in [2.24, 2.45) is 0 Å². The second-order valence-corrected chi connectivity index (χ2v) is 5.26. The average Bonchev–Trinajstić information content (AvgIpc) is 3.09. The first-order valence-corrected chi connectivity index (χ1v) is 7.50. The monoisotopic (exact) mass is 297 g/mol. The Hall–Kier alpha value is -2.63. The largest absolute Gasteiger partial charge is 0.334 e. The molecular formula is C16H19N5O. The number of aromatic nitrogens is 3. The molecule has 1 aliphatic rings. The van der Waals surface area contributed by atoms with Crippen molar-refractivity contribution in [3.05, 3.63) is 54.1 Å². The lowest BCUT2D eigenvalue weighted by Crippen LogP contribution is -2.34. The number of nitrogens with zero attached hydrogens (tertiary/aromatic N) is 3. The fourth-order valence-corrected chi connectivity index (χ4v) is 2.42. The number of carbonyl (C=O) groups excluding carboxylic acids is 1. The van der Waals surface area contributed by atoms with Crippen LogP contribution < -0.4 is 10.6 Å². The van der Waals surface area contributed by atoms with Crippen LogP contribution in [0.15, 0.2) is 48.6 Å². The Bertz CT molecular complexity index is 663. The molecule has 0 saturated carbocycles. The molecule has 2 N–H and O–H groups in total. The van der Waals surface area contributed by atoms with Crippen LogP contribution in [0.2, 0.25) is 0 Å². The van der Waals surface area contributed by atoms with Gasteiger partial charge in [-0.25, -0.2) is 14.5 Å². The van der Waals surface area contributed by atoms with E-state index in [9.17, 15) is 4.79 Å². The standard InChI is InChI=1S/C16H19N5O/c22-16(20-14-5-2-1-3-6-14)18-12-13-7-9-17-15(11-13)21-10-4-8-19-21/h4-5,7-11H,1-3,6,12H2,(H2,18,20,22). The predicted octanol–water partition coefficient (Wildman–Crippen LogP) is 2.52. The van der Waals surface area contributed by atoms with Crippen molar-refractivity contribution < 1.29 is 4.79 Å². The maximum Gasteiger partial charge on any atom is 0.319 e. The molecule has 22 heavy (non-hydrogen) atoms. The van der Waals surface area contributed by atoms with Gasteiger partial charge in [0.05, 0.1) is 0 Å². The molecule has 2 aromatic heterocycles. The van der Waals surface area contributed by atoms with Crippen molar-refractivity contribution in [2.75, 3.05) is 0 Å². The number of pyridine rings is 1. The van der Waals surface area contributed by atoms with E-state index in [0.717, 1.165) is 36.3 Å². The summed E-state index contributed by atoms with van der Waals surface area (Å²) >= 11 is 0. The normalized spacial score (nSPS) is 14.3. The van der Waals surface area contributed by atoms with Gasteiger partial charge in [0.15, 0.2) is 5.82 Å². The molecule has 6 nitrogen and oxygen atoms in total. The van der Waals surface area contributed by atoms with Gasteiger partial charge in [0.2, 0.25) is 0 Å². The zero-order valence-electron chi connectivity index (χ0n) is 12.3. The lowest BCUT2D eigenvalue weighted by molar-refractivity contribution is 0.242. The van der Waals surface area contributed by atoms with Gasteiger partial charge in [-0.3, -0.25) is 0 Å². The van der Waals surface area contributed by atoms with Gasteiger partial charge in [0.1, 0.15) is 0 Å². The Morgan fingerprint density at radius 2 is 2.27 bits per heavy atom. The molecule has 0 aromatic carbocycles. The summed E-state index contributed by atoms with van der Waals surface area (Å²) in [7, 11) is 0. The summed E-state index contributed by atoms with van der Waals surface area (Å²) in [5.41, 5.74) is 2.00. The number of carbonyl (C=O) groups is 1. The molecule has 6 heteroatoms. The van der Waals surface area contributed by atoms with E-state index >= 15 is 0 Å². The SMILES string of the molecule is O=C(NCc1ccnc(-n2cccn2)c1)NC1=CCCCC1. The first-order valence-electron chi connectivity index (χ1n) is 7.50. The van der Waals surface area contributed by atoms with E-state index in [-0.39, 0.29) is 6.03 Å². The minimum atomic E-state index is -0.161. The quantitative estimate of drug-likeness (QED) is 0.911. The third-order valence-electron chi connectivity index (χ3n) is 3.57. The predicted molar refractivity (Wildman–Crippen MR) is 83.3 cm³/mol. The molecule has 2 amide bonds. The molecule has 2 heterocycles. The molecule has 0 unspecified atom stereocenters. The van der Waals surface area contributed by atoms with Crippen LogP contribution in [-0.2, 0) is 6.54 Å². The molecule has 2 aromatic rings. The molecule has 0 saturated heterocycles. The molecule has 0 fully saturated rings. The molecule has 0 atom stereocenters. The number of hydrogen-bond acceptors (Lipinski definition) is 3. The van der Waals surface area contributed by atoms with Crippen molar-refractivity contribution in [1.82, 2.24) is 25.4 Å². The number of hydrogen-bond donors (Lipinski definition) is 2. The van der Waals surface area contributed by atoms with Crippen molar-refractivity contribution in [2.45, 2.75) is 32.2 Å². The molecule has 0 bridgehead atoms. The van der Waals surface area contributed by atoms with E-state index < -0.39 is 0 Å². The fourth-order valence-electron chi connectivity index (χ4n) is 2.42. The van der Waals surface area contributed by atoms with Crippen LogP contribution in [0.4, 0.5) is 4.79 Å². The smallest absolute Gasteiger partial charge is 0.319 e. The van der Waals surface area contributed by atoms with Crippen LogP contribution in [-0.4, -0.2) is 20.8 Å². The Morgan fingerprint density at radius 1 is 1.32 bits per heavy atom. The lowest BCUT2D eigenvalue weighted by Gasteiger charge is -2.14. The maximum atomic E-state index is 11.9. The zero-order chi connectivity index (χ0) is 15.2. The van der Waals surface area contributed by atoms with Crippen LogP contribution >= 0.6 is 0 Å². The number of rotatable bonds is 4. The Morgan fingerprint density at radius 3 is 3.05 bits per heavy atom. The van der Waals surface area contributed by atoms with Gasteiger partial charge in [-0.05, 0) is 49.4 Å². The van der Waals surface area contributed by atoms with E-state index in [1.165, 1.54) is 6.42 Å². The molecule has 1 aliphatic carbocycles. The van der Waals surface area contributed by atoms with Crippen molar-refractivity contribution in [3.63, 3.8) is 0 Å². The second kappa shape index (κ2) is 6.89. The summed E-state index contributed by atoms with van der Waals surface area (Å²) < 4.78 is 1.69. The van der Waals surface area contributed by atoms with Gasteiger partial charge in [0.25, 0.3) is 0 Å². The summed E-state index contributed by atoms with van der Waals surface area (Å²) in [6.45, 7) is 0.454. The maximum absolute atomic E-state index is 11.9. The van der Waals surface area contributed by atoms with E-state index in [4.69, 9.17) is 0 Å². The van der Waals surface area contributed by atoms with Crippen LogP contribution in [0, 0.1) is 0 Å². The Balaban J connectivity index is 1.56. The first-order chi connectivity index (χ1) is 10.8. The van der Waals surface area contributed by atoms with Gasteiger partial charge < -0.3 is 10.6 Å². The minimum Gasteiger partial charge on any atom is -0.334 e. The Labute approximate surface area is 129 Å². The molecule has 0 spiro atoms. The number of allylic oxidation sites excluding steroid dienone is 2. The van der Waals surface area contributed by atoms with Crippen LogP contribution in [0.1, 0.15) is 31.2 Å². The number of urea groups is 1. The fraction of sp³-hybridized carbons (Fsp3) is 0.312. The average molecular weight is 297 g/mol. The molecule has 3 rings (SSSR count). The van der Waals surface area contributed by atoms with Crippen molar-refractivity contribution in [1.29, 1.82) is 0 Å². The lowest BCUT2D eigenvalue weighted by atomic mass is 10.1. The van der Waals surface area contributed by atoms with Crippen LogP contribution in [0.25, 0.3) is 5.82 Å². The topological polar surface area (TPSA) is 71.8 Å². The highest BCUT2D eigenvalue weighted by molar-refractivity contribution is 5.75. The third kappa shape index (κ3) is 3.72. The summed E-state index contributed by atoms with van der Waals surface area (Å²) in [6, 6.07) is 5.48.